The highest BCUT2D eigenvalue weighted by Crippen LogP contribution is 2.26. The Morgan fingerprint density at radius 3 is 2.62 bits per heavy atom. The van der Waals surface area contributed by atoms with Gasteiger partial charge in [0.1, 0.15) is 6.54 Å². The van der Waals surface area contributed by atoms with Crippen LogP contribution in [0.25, 0.3) is 0 Å². The summed E-state index contributed by atoms with van der Waals surface area (Å²) in [5.74, 6) is -2.85. The Labute approximate surface area is 160 Å². The highest BCUT2D eigenvalue weighted by molar-refractivity contribution is 7.99. The monoisotopic (exact) mass is 402 g/mol. The van der Waals surface area contributed by atoms with Gasteiger partial charge in [-0.3, -0.25) is 20.4 Å². The van der Waals surface area contributed by atoms with Crippen LogP contribution in [0.2, 0.25) is 0 Å². The van der Waals surface area contributed by atoms with Crippen LogP contribution in [0.4, 0.5) is 14.5 Å². The van der Waals surface area contributed by atoms with E-state index in [0.29, 0.717) is 35.3 Å². The molecule has 1 aliphatic rings. The Morgan fingerprint density at radius 1 is 1.19 bits per heavy atom. The van der Waals surface area contributed by atoms with E-state index in [1.807, 2.05) is 0 Å². The summed E-state index contributed by atoms with van der Waals surface area (Å²) in [6.07, 6.45) is 3.22. The van der Waals surface area contributed by atoms with Gasteiger partial charge in [-0.25, -0.2) is 0 Å². The van der Waals surface area contributed by atoms with Gasteiger partial charge < -0.3 is 10.2 Å². The van der Waals surface area contributed by atoms with Crippen LogP contribution >= 0.6 is 24.0 Å². The molecular weight excluding hydrogens is 382 g/mol. The standard InChI is InChI=1S/C16H20F2N4O2S2/c17-15(18)26-12-7-5-11(6-8-12)19-16(25)21-20-13(23)10-22-9-3-1-2-4-14(22)24/h5-8,15H,1-4,9-10H2,(H,20,23)(H2,19,21,25). The number of nitrogens with zero attached hydrogens (tertiary/aromatic N) is 1. The Kier molecular flexibility index (Phi) is 8.05. The molecule has 1 aromatic rings. The lowest BCUT2D eigenvalue weighted by Gasteiger charge is -2.20. The van der Waals surface area contributed by atoms with Gasteiger partial charge in [0.25, 0.3) is 11.7 Å². The third-order valence-electron chi connectivity index (χ3n) is 3.66. The molecule has 10 heteroatoms. The van der Waals surface area contributed by atoms with Gasteiger partial charge in [0, 0.05) is 23.5 Å². The fourth-order valence-corrected chi connectivity index (χ4v) is 3.09. The molecule has 26 heavy (non-hydrogen) atoms. The molecule has 1 saturated heterocycles. The highest BCUT2D eigenvalue weighted by Gasteiger charge is 2.19. The topological polar surface area (TPSA) is 73.5 Å². The molecule has 1 aromatic carbocycles. The molecular formula is C16H20F2N4O2S2. The summed E-state index contributed by atoms with van der Waals surface area (Å²) in [7, 11) is 0. The first-order valence-electron chi connectivity index (χ1n) is 8.12. The Bertz CT molecular complexity index is 644. The molecule has 1 heterocycles. The number of hydrazine groups is 1. The zero-order valence-corrected chi connectivity index (χ0v) is 15.6. The van der Waals surface area contributed by atoms with E-state index >= 15 is 0 Å². The molecule has 0 bridgehead atoms. The van der Waals surface area contributed by atoms with E-state index in [2.05, 4.69) is 16.2 Å². The van der Waals surface area contributed by atoms with Crippen LogP contribution in [0.3, 0.4) is 0 Å². The molecule has 0 saturated carbocycles. The van der Waals surface area contributed by atoms with Crippen molar-refractivity contribution in [3.05, 3.63) is 24.3 Å². The molecule has 2 rings (SSSR count). The smallest absolute Gasteiger partial charge is 0.288 e. The van der Waals surface area contributed by atoms with E-state index in [4.69, 9.17) is 12.2 Å². The number of alkyl halides is 2. The van der Waals surface area contributed by atoms with Gasteiger partial charge in [-0.1, -0.05) is 18.2 Å². The summed E-state index contributed by atoms with van der Waals surface area (Å²) in [5.41, 5.74) is 5.59. The maximum atomic E-state index is 12.3. The van der Waals surface area contributed by atoms with Crippen molar-refractivity contribution in [1.29, 1.82) is 0 Å². The minimum Gasteiger partial charge on any atom is -0.333 e. The van der Waals surface area contributed by atoms with Gasteiger partial charge >= 0.3 is 0 Å². The van der Waals surface area contributed by atoms with Gasteiger partial charge in [0.15, 0.2) is 5.11 Å². The average molecular weight is 402 g/mol. The largest absolute Gasteiger partial charge is 0.333 e. The lowest BCUT2D eigenvalue weighted by atomic mass is 10.2. The molecule has 6 nitrogen and oxygen atoms in total. The van der Waals surface area contributed by atoms with Crippen molar-refractivity contribution in [2.24, 2.45) is 0 Å². The van der Waals surface area contributed by atoms with Crippen LogP contribution < -0.4 is 16.2 Å². The van der Waals surface area contributed by atoms with Gasteiger partial charge in [0.05, 0.1) is 0 Å². The van der Waals surface area contributed by atoms with Crippen molar-refractivity contribution in [1.82, 2.24) is 15.8 Å². The zero-order chi connectivity index (χ0) is 18.9. The van der Waals surface area contributed by atoms with E-state index in [-0.39, 0.29) is 23.5 Å². The number of hydrogen-bond acceptors (Lipinski definition) is 4. The second-order valence-corrected chi connectivity index (χ2v) is 7.13. The minimum atomic E-state index is -2.47. The second kappa shape index (κ2) is 10.3. The number of rotatable bonds is 5. The molecule has 0 atom stereocenters. The Morgan fingerprint density at radius 2 is 1.92 bits per heavy atom. The molecule has 2 amide bonds. The summed E-state index contributed by atoms with van der Waals surface area (Å²) in [5, 5.41) is 2.98. The SMILES string of the molecule is O=C(CN1CCCCCC1=O)NNC(=S)Nc1ccc(SC(F)F)cc1. The minimum absolute atomic E-state index is 0.0138. The number of carbonyl (C=O) groups is 2. The molecule has 1 fully saturated rings. The van der Waals surface area contributed by atoms with Gasteiger partial charge in [-0.15, -0.1) is 0 Å². The van der Waals surface area contributed by atoms with Gasteiger partial charge in [-0.2, -0.15) is 8.78 Å². The molecule has 0 aliphatic carbocycles. The molecule has 0 aromatic heterocycles. The predicted molar refractivity (Wildman–Crippen MR) is 101 cm³/mol. The Hall–Kier alpha value is -1.94. The van der Waals surface area contributed by atoms with Crippen molar-refractivity contribution in [2.75, 3.05) is 18.4 Å². The van der Waals surface area contributed by atoms with E-state index in [9.17, 15) is 18.4 Å². The molecule has 0 radical (unpaired) electrons. The summed E-state index contributed by atoms with van der Waals surface area (Å²) >= 11 is 5.52. The van der Waals surface area contributed by atoms with Crippen LogP contribution in [0.15, 0.2) is 29.2 Å². The number of carbonyl (C=O) groups excluding carboxylic acids is 2. The number of amides is 2. The van der Waals surface area contributed by atoms with E-state index in [1.54, 1.807) is 29.2 Å². The summed E-state index contributed by atoms with van der Waals surface area (Å²) in [6.45, 7) is 0.561. The first kappa shape index (κ1) is 20.4. The maximum Gasteiger partial charge on any atom is 0.288 e. The third-order valence-corrected chi connectivity index (χ3v) is 4.59. The highest BCUT2D eigenvalue weighted by atomic mass is 32.2. The number of hydrogen-bond donors (Lipinski definition) is 3. The van der Waals surface area contributed by atoms with Gasteiger partial charge in [0.2, 0.25) is 5.91 Å². The number of anilines is 1. The average Bonchev–Trinajstić information content (AvgIpc) is 2.79. The second-order valence-electron chi connectivity index (χ2n) is 5.66. The number of benzene rings is 1. The van der Waals surface area contributed by atoms with Crippen LogP contribution in [-0.2, 0) is 9.59 Å². The number of thiocarbonyl (C=S) groups is 1. The van der Waals surface area contributed by atoms with Crippen molar-refractivity contribution < 1.29 is 18.4 Å². The Balaban J connectivity index is 1.73. The van der Waals surface area contributed by atoms with Crippen LogP contribution in [0.1, 0.15) is 25.7 Å². The number of likely N-dealkylation sites (tertiary alicyclic amines) is 1. The first-order valence-corrected chi connectivity index (χ1v) is 9.41. The normalized spacial score (nSPS) is 14.7. The molecule has 142 valence electrons. The van der Waals surface area contributed by atoms with Crippen LogP contribution in [-0.4, -0.2) is 40.7 Å². The van der Waals surface area contributed by atoms with Crippen molar-refractivity contribution in [3.63, 3.8) is 0 Å². The fraction of sp³-hybridized carbons (Fsp3) is 0.438. The molecule has 0 spiro atoms. The molecule has 1 aliphatic heterocycles. The summed E-state index contributed by atoms with van der Waals surface area (Å²) < 4.78 is 24.5. The van der Waals surface area contributed by atoms with Crippen LogP contribution in [0.5, 0.6) is 0 Å². The van der Waals surface area contributed by atoms with Crippen molar-refractivity contribution >= 4 is 46.6 Å². The molecule has 0 unspecified atom stereocenters. The first-order chi connectivity index (χ1) is 12.4. The van der Waals surface area contributed by atoms with Gasteiger partial charge in [-0.05, 0) is 49.3 Å². The lowest BCUT2D eigenvalue weighted by molar-refractivity contribution is -0.135. The third kappa shape index (κ3) is 7.12. The summed E-state index contributed by atoms with van der Waals surface area (Å²) in [6, 6.07) is 6.31. The van der Waals surface area contributed by atoms with Crippen molar-refractivity contribution in [3.8, 4) is 0 Å². The summed E-state index contributed by atoms with van der Waals surface area (Å²) in [4.78, 5) is 25.8. The maximum absolute atomic E-state index is 12.3. The quantitative estimate of drug-likeness (QED) is 0.400. The number of halogens is 2. The molecule has 3 N–H and O–H groups in total. The van der Waals surface area contributed by atoms with Crippen LogP contribution in [0, 0.1) is 0 Å². The predicted octanol–water partition coefficient (Wildman–Crippen LogP) is 2.72. The number of thioether (sulfide) groups is 1. The zero-order valence-electron chi connectivity index (χ0n) is 14.0. The van der Waals surface area contributed by atoms with E-state index in [0.717, 1.165) is 19.3 Å². The lowest BCUT2D eigenvalue weighted by Crippen LogP contribution is -2.48. The number of nitrogens with one attached hydrogen (secondary N) is 3. The van der Waals surface area contributed by atoms with Crippen molar-refractivity contribution in [2.45, 2.75) is 36.3 Å². The van der Waals surface area contributed by atoms with E-state index in [1.165, 1.54) is 0 Å². The van der Waals surface area contributed by atoms with E-state index < -0.39 is 5.76 Å². The fourth-order valence-electron chi connectivity index (χ4n) is 2.43.